The van der Waals surface area contributed by atoms with Crippen molar-refractivity contribution in [2.75, 3.05) is 13.7 Å². The lowest BCUT2D eigenvalue weighted by molar-refractivity contribution is -0.115. The van der Waals surface area contributed by atoms with Crippen molar-refractivity contribution in [2.24, 2.45) is 0 Å². The zero-order valence-electron chi connectivity index (χ0n) is 12.6. The maximum Gasteiger partial charge on any atom is 0.213 e. The van der Waals surface area contributed by atoms with Crippen LogP contribution in [0.2, 0.25) is 0 Å². The van der Waals surface area contributed by atoms with E-state index in [4.69, 9.17) is 4.74 Å². The van der Waals surface area contributed by atoms with E-state index >= 15 is 0 Å². The molecule has 0 saturated heterocycles. The number of rotatable bonds is 7. The minimum atomic E-state index is 0.752. The summed E-state index contributed by atoms with van der Waals surface area (Å²) in [4.78, 5) is 12.8. The molecular formula is C18H23NO2. The molecule has 0 bridgehead atoms. The maximum atomic E-state index is 11.1. The molecule has 3 heteroatoms. The molecule has 0 unspecified atom stereocenters. The van der Waals surface area contributed by atoms with Gasteiger partial charge in [0.25, 0.3) is 0 Å². The molecule has 0 aromatic heterocycles. The summed E-state index contributed by atoms with van der Waals surface area (Å²) in [5.74, 6) is 0.837. The number of methoxy groups -OCH3 is 1. The summed E-state index contributed by atoms with van der Waals surface area (Å²) in [6.07, 6.45) is 13.0. The Labute approximate surface area is 126 Å². The van der Waals surface area contributed by atoms with Gasteiger partial charge in [-0.25, -0.2) is 0 Å². The first-order chi connectivity index (χ1) is 10.3. The number of amides is 1. The Morgan fingerprint density at radius 3 is 2.67 bits per heavy atom. The summed E-state index contributed by atoms with van der Waals surface area (Å²) in [5.41, 5.74) is 2.55. The normalized spacial score (nSPS) is 14.8. The molecule has 0 heterocycles. The first kappa shape index (κ1) is 15.4. The van der Waals surface area contributed by atoms with Gasteiger partial charge in [-0.3, -0.25) is 4.79 Å². The fraction of sp³-hybridized carbons (Fsp3) is 0.389. The van der Waals surface area contributed by atoms with Crippen molar-refractivity contribution in [3.05, 3.63) is 47.7 Å². The molecule has 21 heavy (non-hydrogen) atoms. The summed E-state index contributed by atoms with van der Waals surface area (Å²) >= 11 is 0. The first-order valence-electron chi connectivity index (χ1n) is 7.53. The van der Waals surface area contributed by atoms with Gasteiger partial charge in [0.15, 0.2) is 0 Å². The molecule has 1 aromatic carbocycles. The number of hydrogen-bond donors (Lipinski definition) is 0. The van der Waals surface area contributed by atoms with Crippen molar-refractivity contribution in [3.8, 4) is 5.75 Å². The third kappa shape index (κ3) is 5.10. The van der Waals surface area contributed by atoms with E-state index in [1.165, 1.54) is 31.3 Å². The number of allylic oxidation sites excluding steroid dienone is 1. The molecular weight excluding hydrogens is 262 g/mol. The topological polar surface area (TPSA) is 29.5 Å². The Hall–Kier alpha value is -2.03. The number of hydrogen-bond acceptors (Lipinski definition) is 2. The van der Waals surface area contributed by atoms with Crippen LogP contribution in [-0.2, 0) is 4.79 Å². The minimum absolute atomic E-state index is 0.752. The van der Waals surface area contributed by atoms with Crippen molar-refractivity contribution in [2.45, 2.75) is 32.1 Å². The summed E-state index contributed by atoms with van der Waals surface area (Å²) in [6.45, 7) is 0.752. The van der Waals surface area contributed by atoms with Gasteiger partial charge in [-0.2, -0.15) is 0 Å². The Morgan fingerprint density at radius 1 is 1.24 bits per heavy atom. The SMILES string of the molecule is COc1ccc(/C=C/N(C=O)CCC2=CCCCC2)cc1. The largest absolute Gasteiger partial charge is 0.497 e. The van der Waals surface area contributed by atoms with E-state index < -0.39 is 0 Å². The molecule has 1 aromatic rings. The van der Waals surface area contributed by atoms with Gasteiger partial charge >= 0.3 is 0 Å². The van der Waals surface area contributed by atoms with Crippen molar-refractivity contribution in [1.82, 2.24) is 4.90 Å². The summed E-state index contributed by atoms with van der Waals surface area (Å²) < 4.78 is 5.12. The van der Waals surface area contributed by atoms with Crippen LogP contribution in [0.4, 0.5) is 0 Å². The van der Waals surface area contributed by atoms with Crippen LogP contribution >= 0.6 is 0 Å². The molecule has 1 aliphatic rings. The number of carbonyl (C=O) groups is 1. The smallest absolute Gasteiger partial charge is 0.213 e. The van der Waals surface area contributed by atoms with Crippen LogP contribution in [0.5, 0.6) is 5.75 Å². The number of nitrogens with zero attached hydrogens (tertiary/aromatic N) is 1. The monoisotopic (exact) mass is 285 g/mol. The molecule has 2 rings (SSSR count). The molecule has 0 atom stereocenters. The van der Waals surface area contributed by atoms with Gasteiger partial charge in [0.05, 0.1) is 7.11 Å². The van der Waals surface area contributed by atoms with E-state index in [1.54, 1.807) is 12.0 Å². The molecule has 3 nitrogen and oxygen atoms in total. The van der Waals surface area contributed by atoms with Crippen molar-refractivity contribution in [1.29, 1.82) is 0 Å². The molecule has 1 amide bonds. The fourth-order valence-corrected chi connectivity index (χ4v) is 2.46. The summed E-state index contributed by atoms with van der Waals surface area (Å²) in [6, 6.07) is 7.78. The second-order valence-electron chi connectivity index (χ2n) is 5.29. The Morgan fingerprint density at radius 2 is 2.05 bits per heavy atom. The molecule has 112 valence electrons. The van der Waals surface area contributed by atoms with Gasteiger partial charge in [0.2, 0.25) is 6.41 Å². The second-order valence-corrected chi connectivity index (χ2v) is 5.29. The Balaban J connectivity index is 1.86. The quantitative estimate of drug-likeness (QED) is 0.559. The highest BCUT2D eigenvalue weighted by Crippen LogP contribution is 2.20. The average molecular weight is 285 g/mol. The first-order valence-corrected chi connectivity index (χ1v) is 7.53. The number of carbonyl (C=O) groups excluding carboxylic acids is 1. The van der Waals surface area contributed by atoms with Gasteiger partial charge in [0.1, 0.15) is 5.75 Å². The lowest BCUT2D eigenvalue weighted by Gasteiger charge is -2.16. The van der Waals surface area contributed by atoms with Crippen LogP contribution < -0.4 is 4.74 Å². The van der Waals surface area contributed by atoms with E-state index in [9.17, 15) is 4.79 Å². The minimum Gasteiger partial charge on any atom is -0.497 e. The van der Waals surface area contributed by atoms with E-state index in [2.05, 4.69) is 6.08 Å². The molecule has 0 aliphatic heterocycles. The van der Waals surface area contributed by atoms with Gasteiger partial charge < -0.3 is 9.64 Å². The van der Waals surface area contributed by atoms with Crippen LogP contribution in [0.15, 0.2) is 42.1 Å². The molecule has 0 saturated carbocycles. The standard InChI is InChI=1S/C18H23NO2/c1-21-18-9-7-17(8-10-18)12-14-19(15-20)13-11-16-5-3-2-4-6-16/h5,7-10,12,14-15H,2-4,6,11,13H2,1H3/b14-12+. The highest BCUT2D eigenvalue weighted by Gasteiger charge is 2.05. The highest BCUT2D eigenvalue weighted by atomic mass is 16.5. The van der Waals surface area contributed by atoms with E-state index in [0.717, 1.165) is 30.7 Å². The molecule has 0 spiro atoms. The van der Waals surface area contributed by atoms with Crippen molar-refractivity contribution in [3.63, 3.8) is 0 Å². The molecule has 0 radical (unpaired) electrons. The van der Waals surface area contributed by atoms with Crippen LogP contribution in [-0.4, -0.2) is 25.0 Å². The number of ether oxygens (including phenoxy) is 1. The van der Waals surface area contributed by atoms with Gasteiger partial charge in [0, 0.05) is 12.7 Å². The average Bonchev–Trinajstić information content (AvgIpc) is 2.56. The highest BCUT2D eigenvalue weighted by molar-refractivity contribution is 5.56. The van der Waals surface area contributed by atoms with Crippen LogP contribution in [0.25, 0.3) is 6.08 Å². The zero-order valence-corrected chi connectivity index (χ0v) is 12.6. The van der Waals surface area contributed by atoms with Crippen LogP contribution in [0.3, 0.4) is 0 Å². The second kappa shape index (κ2) is 8.30. The number of benzene rings is 1. The maximum absolute atomic E-state index is 11.1. The van der Waals surface area contributed by atoms with E-state index in [1.807, 2.05) is 36.5 Å². The lowest BCUT2D eigenvalue weighted by Crippen LogP contribution is -2.17. The van der Waals surface area contributed by atoms with Gasteiger partial charge in [-0.15, -0.1) is 0 Å². The van der Waals surface area contributed by atoms with E-state index in [-0.39, 0.29) is 0 Å². The Kier molecular flexibility index (Phi) is 6.07. The van der Waals surface area contributed by atoms with Crippen molar-refractivity contribution < 1.29 is 9.53 Å². The third-order valence-corrected chi connectivity index (χ3v) is 3.79. The molecule has 0 N–H and O–H groups in total. The van der Waals surface area contributed by atoms with E-state index in [0.29, 0.717) is 0 Å². The Bertz CT molecular complexity index is 502. The predicted octanol–water partition coefficient (Wildman–Crippen LogP) is 4.01. The molecule has 0 fully saturated rings. The zero-order chi connectivity index (χ0) is 14.9. The third-order valence-electron chi connectivity index (χ3n) is 3.79. The summed E-state index contributed by atoms with van der Waals surface area (Å²) in [5, 5.41) is 0. The predicted molar refractivity (Wildman–Crippen MR) is 86.0 cm³/mol. The van der Waals surface area contributed by atoms with Crippen LogP contribution in [0.1, 0.15) is 37.7 Å². The molecule has 1 aliphatic carbocycles. The van der Waals surface area contributed by atoms with Crippen LogP contribution in [0, 0.1) is 0 Å². The fourth-order valence-electron chi connectivity index (χ4n) is 2.46. The van der Waals surface area contributed by atoms with Gasteiger partial charge in [-0.05, 0) is 55.9 Å². The summed E-state index contributed by atoms with van der Waals surface area (Å²) in [7, 11) is 1.65. The van der Waals surface area contributed by atoms with Gasteiger partial charge in [-0.1, -0.05) is 23.8 Å². The lowest BCUT2D eigenvalue weighted by atomic mass is 9.97. The van der Waals surface area contributed by atoms with Crippen molar-refractivity contribution >= 4 is 12.5 Å².